The van der Waals surface area contributed by atoms with Crippen molar-refractivity contribution in [1.82, 2.24) is 45.2 Å². The highest BCUT2D eigenvalue weighted by atomic mass is 35.5. The smallest absolute Gasteiger partial charge is 0.182 e. The highest BCUT2D eigenvalue weighted by Crippen LogP contribution is 2.14. The van der Waals surface area contributed by atoms with E-state index < -0.39 is 0 Å². The molecule has 4 rings (SSSR count). The van der Waals surface area contributed by atoms with Crippen LogP contribution >= 0.6 is 11.6 Å². The van der Waals surface area contributed by atoms with Crippen LogP contribution < -0.4 is 10.6 Å². The first kappa shape index (κ1) is 17.0. The van der Waals surface area contributed by atoms with E-state index in [0.29, 0.717) is 22.0 Å². The van der Waals surface area contributed by atoms with E-state index in [1.807, 2.05) is 7.05 Å². The molecule has 25 heavy (non-hydrogen) atoms. The molecule has 4 heterocycles. The van der Waals surface area contributed by atoms with Crippen LogP contribution in [0.5, 0.6) is 0 Å². The number of H-pyrrole nitrogens is 2. The number of fused-ring (bicyclic) bond motifs is 2. The van der Waals surface area contributed by atoms with Gasteiger partial charge in [-0.3, -0.25) is 0 Å². The van der Waals surface area contributed by atoms with Gasteiger partial charge in [0.05, 0.1) is 12.7 Å². The molecule has 0 radical (unpaired) electrons. The summed E-state index contributed by atoms with van der Waals surface area (Å²) >= 11 is 5.68. The first-order chi connectivity index (χ1) is 12.3. The maximum atomic E-state index is 5.68. The second-order valence-corrected chi connectivity index (χ2v) is 5.33. The summed E-state index contributed by atoms with van der Waals surface area (Å²) < 4.78 is 0. The molecule has 0 bridgehead atoms. The van der Waals surface area contributed by atoms with E-state index in [9.17, 15) is 0 Å². The minimum Gasteiger partial charge on any atom is -0.368 e. The minimum absolute atomic E-state index is 0.405. The fourth-order valence-electron chi connectivity index (χ4n) is 2.11. The maximum Gasteiger partial charge on any atom is 0.182 e. The highest BCUT2D eigenvalue weighted by Gasteiger charge is 2.04. The van der Waals surface area contributed by atoms with Crippen LogP contribution in [0.3, 0.4) is 0 Å². The number of nitrogens with one attached hydrogen (secondary N) is 4. The number of aromatic nitrogens is 8. The first-order valence-electron chi connectivity index (χ1n) is 7.61. The number of aromatic amines is 2. The van der Waals surface area contributed by atoms with Gasteiger partial charge in [-0.05, 0) is 20.0 Å². The molecule has 4 aromatic heterocycles. The predicted molar refractivity (Wildman–Crippen MR) is 95.4 cm³/mol. The van der Waals surface area contributed by atoms with Crippen molar-refractivity contribution in [1.29, 1.82) is 0 Å². The van der Waals surface area contributed by atoms with Gasteiger partial charge in [0, 0.05) is 6.54 Å². The number of hydrogen-bond acceptors (Lipinski definition) is 8. The summed E-state index contributed by atoms with van der Waals surface area (Å²) in [4.78, 5) is 29.6. The van der Waals surface area contributed by atoms with Crippen LogP contribution in [0.4, 0.5) is 5.82 Å². The standard InChI is InChI=1S/C9H14N6.C5H3ClN4/c1-10-3-2-4-11-8-7-9(13-5-12-7)15-6-14-8;6-4-3-5(9-1-7-3)10-2-8-4/h5-6,10H,2-4H2,1H3,(H2,11,12,13,14,15);1-2H,(H,7,8,9,10). The topological polar surface area (TPSA) is 133 Å². The Labute approximate surface area is 147 Å². The van der Waals surface area contributed by atoms with E-state index in [1.54, 1.807) is 6.33 Å². The van der Waals surface area contributed by atoms with Crippen LogP contribution in [-0.4, -0.2) is 60.0 Å². The Morgan fingerprint density at radius 2 is 1.56 bits per heavy atom. The molecule has 0 aliphatic heterocycles. The Morgan fingerprint density at radius 1 is 0.880 bits per heavy atom. The molecule has 4 N–H and O–H groups in total. The van der Waals surface area contributed by atoms with Gasteiger partial charge in [-0.2, -0.15) is 0 Å². The molecule has 10 nitrogen and oxygen atoms in total. The largest absolute Gasteiger partial charge is 0.368 e. The number of imidazole rings is 2. The van der Waals surface area contributed by atoms with E-state index in [-0.39, 0.29) is 0 Å². The van der Waals surface area contributed by atoms with Crippen LogP contribution in [0.15, 0.2) is 25.3 Å². The van der Waals surface area contributed by atoms with Gasteiger partial charge in [-0.1, -0.05) is 11.6 Å². The molecule has 0 aliphatic carbocycles. The fourth-order valence-corrected chi connectivity index (χ4v) is 2.29. The molecule has 0 fully saturated rings. The molecular formula is C14H17ClN10. The molecule has 0 saturated heterocycles. The molecular weight excluding hydrogens is 344 g/mol. The van der Waals surface area contributed by atoms with Gasteiger partial charge in [-0.15, -0.1) is 0 Å². The summed E-state index contributed by atoms with van der Waals surface area (Å²) in [5, 5.41) is 6.74. The molecule has 0 saturated carbocycles. The van der Waals surface area contributed by atoms with Gasteiger partial charge in [-0.25, -0.2) is 29.9 Å². The van der Waals surface area contributed by atoms with Crippen LogP contribution in [0.1, 0.15) is 6.42 Å². The lowest BCUT2D eigenvalue weighted by molar-refractivity contribution is 0.747. The van der Waals surface area contributed by atoms with Crippen LogP contribution in [0.25, 0.3) is 22.3 Å². The summed E-state index contributed by atoms with van der Waals surface area (Å²) in [7, 11) is 1.94. The molecule has 0 amide bonds. The maximum absolute atomic E-state index is 5.68. The zero-order valence-electron chi connectivity index (χ0n) is 13.5. The van der Waals surface area contributed by atoms with Crippen molar-refractivity contribution in [3.05, 3.63) is 30.5 Å². The molecule has 0 atom stereocenters. The van der Waals surface area contributed by atoms with Gasteiger partial charge in [0.15, 0.2) is 22.3 Å². The van der Waals surface area contributed by atoms with E-state index in [1.165, 1.54) is 19.0 Å². The summed E-state index contributed by atoms with van der Waals surface area (Å²) in [6.45, 7) is 1.87. The number of hydrogen-bond donors (Lipinski definition) is 4. The molecule has 11 heteroatoms. The summed E-state index contributed by atoms with van der Waals surface area (Å²) in [6, 6.07) is 0. The number of nitrogens with zero attached hydrogens (tertiary/aromatic N) is 6. The Balaban J connectivity index is 0.000000157. The second-order valence-electron chi connectivity index (χ2n) is 4.97. The molecule has 0 spiro atoms. The zero-order chi connectivity index (χ0) is 17.5. The number of rotatable bonds is 5. The van der Waals surface area contributed by atoms with Gasteiger partial charge >= 0.3 is 0 Å². The van der Waals surface area contributed by atoms with Crippen molar-refractivity contribution in [3.8, 4) is 0 Å². The molecule has 0 aromatic carbocycles. The Kier molecular flexibility index (Phi) is 5.65. The average molecular weight is 361 g/mol. The third kappa shape index (κ3) is 4.17. The van der Waals surface area contributed by atoms with E-state index in [0.717, 1.165) is 30.8 Å². The monoisotopic (exact) mass is 360 g/mol. The normalized spacial score (nSPS) is 10.6. The van der Waals surface area contributed by atoms with Crippen molar-refractivity contribution >= 4 is 39.7 Å². The third-order valence-corrected chi connectivity index (χ3v) is 3.58. The van der Waals surface area contributed by atoms with E-state index in [4.69, 9.17) is 11.6 Å². The van der Waals surface area contributed by atoms with Gasteiger partial charge < -0.3 is 20.6 Å². The lowest BCUT2D eigenvalue weighted by atomic mass is 10.4. The van der Waals surface area contributed by atoms with Crippen LogP contribution in [0.2, 0.25) is 5.15 Å². The average Bonchev–Trinajstić information content (AvgIpc) is 3.29. The lowest BCUT2D eigenvalue weighted by Crippen LogP contribution is -2.13. The van der Waals surface area contributed by atoms with Gasteiger partial charge in [0.25, 0.3) is 0 Å². The fraction of sp³-hybridized carbons (Fsp3) is 0.286. The number of halogens is 1. The Morgan fingerprint density at radius 3 is 2.28 bits per heavy atom. The second kappa shape index (κ2) is 8.31. The predicted octanol–water partition coefficient (Wildman–Crippen LogP) is 1.38. The molecule has 4 aromatic rings. The Hall–Kier alpha value is -2.85. The number of anilines is 1. The summed E-state index contributed by atoms with van der Waals surface area (Å²) in [5.74, 6) is 0.814. The highest BCUT2D eigenvalue weighted by molar-refractivity contribution is 6.33. The molecule has 0 aliphatic rings. The van der Waals surface area contributed by atoms with E-state index >= 15 is 0 Å². The molecule has 130 valence electrons. The summed E-state index contributed by atoms with van der Waals surface area (Å²) in [6.07, 6.45) is 7.11. The zero-order valence-corrected chi connectivity index (χ0v) is 14.2. The van der Waals surface area contributed by atoms with Crippen LogP contribution in [0, 0.1) is 0 Å². The van der Waals surface area contributed by atoms with Gasteiger partial charge in [0.1, 0.15) is 23.7 Å². The summed E-state index contributed by atoms with van der Waals surface area (Å²) in [5.41, 5.74) is 2.84. The SMILES string of the molecule is CNCCCNc1ncnc2nc[nH]c12.Clc1ncnc2nc[nH]c12. The van der Waals surface area contributed by atoms with Crippen molar-refractivity contribution < 1.29 is 0 Å². The van der Waals surface area contributed by atoms with Crippen molar-refractivity contribution in [2.75, 3.05) is 25.5 Å². The quantitative estimate of drug-likeness (QED) is 0.310. The Bertz CT molecular complexity index is 933. The van der Waals surface area contributed by atoms with Gasteiger partial charge in [0.2, 0.25) is 0 Å². The van der Waals surface area contributed by atoms with Crippen LogP contribution in [-0.2, 0) is 0 Å². The molecule has 0 unspecified atom stereocenters. The lowest BCUT2D eigenvalue weighted by Gasteiger charge is -2.04. The van der Waals surface area contributed by atoms with Crippen molar-refractivity contribution in [2.24, 2.45) is 0 Å². The van der Waals surface area contributed by atoms with E-state index in [2.05, 4.69) is 50.5 Å². The van der Waals surface area contributed by atoms with Crippen molar-refractivity contribution in [2.45, 2.75) is 6.42 Å². The first-order valence-corrected chi connectivity index (χ1v) is 7.99. The third-order valence-electron chi connectivity index (χ3n) is 3.30. The van der Waals surface area contributed by atoms with Crippen molar-refractivity contribution in [3.63, 3.8) is 0 Å². The minimum atomic E-state index is 0.405.